The molecule has 2 unspecified atom stereocenters. The maximum absolute atomic E-state index is 9.05. The summed E-state index contributed by atoms with van der Waals surface area (Å²) in [6.07, 6.45) is 7.11. The van der Waals surface area contributed by atoms with Crippen molar-refractivity contribution in [2.75, 3.05) is 32.0 Å². The van der Waals surface area contributed by atoms with Crippen LogP contribution in [-0.4, -0.2) is 47.0 Å². The van der Waals surface area contributed by atoms with Gasteiger partial charge in [0.05, 0.1) is 11.1 Å². The van der Waals surface area contributed by atoms with Crippen LogP contribution in [0, 0.1) is 5.92 Å². The molecule has 1 N–H and O–H groups in total. The first-order chi connectivity index (χ1) is 14.3. The number of aliphatic hydroxyl groups excluding tert-OH is 1. The predicted molar refractivity (Wildman–Crippen MR) is 130 cm³/mol. The number of hydrogen-bond acceptors (Lipinski definition) is 4. The monoisotopic (exact) mass is 428 g/mol. The molecule has 1 aromatic rings. The Bertz CT molecular complexity index is 785. The number of unbranched alkanes of at least 4 members (excludes halogenated alkanes) is 1. The highest BCUT2D eigenvalue weighted by molar-refractivity contribution is 8.14. The van der Waals surface area contributed by atoms with Crippen LogP contribution in [0.2, 0.25) is 0 Å². The Morgan fingerprint density at radius 2 is 1.87 bits per heavy atom. The Balaban J connectivity index is 1.49. The molecular weight excluding hydrogens is 388 g/mol. The van der Waals surface area contributed by atoms with E-state index in [4.69, 9.17) is 10.1 Å². The molecule has 0 radical (unpaired) electrons. The summed E-state index contributed by atoms with van der Waals surface area (Å²) in [7, 11) is 0. The van der Waals surface area contributed by atoms with Gasteiger partial charge in [-0.3, -0.25) is 4.99 Å². The number of hydrogen-bond donors (Lipinski definition) is 1. The van der Waals surface area contributed by atoms with Gasteiger partial charge in [-0.2, -0.15) is 0 Å². The van der Waals surface area contributed by atoms with Crippen molar-refractivity contribution >= 4 is 16.8 Å². The van der Waals surface area contributed by atoms with Crippen LogP contribution in [0.3, 0.4) is 0 Å². The predicted octanol–water partition coefficient (Wildman–Crippen LogP) is 5.71. The summed E-state index contributed by atoms with van der Waals surface area (Å²) in [4.78, 5) is 7.85. The highest BCUT2D eigenvalue weighted by atomic mass is 32.2. The van der Waals surface area contributed by atoms with Gasteiger partial charge in [-0.05, 0) is 79.1 Å². The number of benzene rings is 1. The van der Waals surface area contributed by atoms with E-state index < -0.39 is 0 Å². The molecule has 2 aliphatic heterocycles. The SMILES string of the molecule is CC1(C)CCC(C)(C)c2cc(C3CSC(C4CCCN(CCCCO)C4)=N3)ccc21. The molecule has 1 aromatic carbocycles. The van der Waals surface area contributed by atoms with Crippen LogP contribution >= 0.6 is 11.8 Å². The molecular formula is C26H40N2OS. The summed E-state index contributed by atoms with van der Waals surface area (Å²) in [5, 5.41) is 10.4. The number of likely N-dealkylation sites (tertiary alicyclic amines) is 1. The average Bonchev–Trinajstić information content (AvgIpc) is 3.22. The number of aliphatic imine (C=N–C) groups is 1. The van der Waals surface area contributed by atoms with Crippen molar-refractivity contribution in [2.24, 2.45) is 10.9 Å². The van der Waals surface area contributed by atoms with Crippen molar-refractivity contribution in [2.45, 2.75) is 83.1 Å². The van der Waals surface area contributed by atoms with Crippen LogP contribution < -0.4 is 0 Å². The molecule has 0 saturated carbocycles. The normalized spacial score (nSPS) is 28.2. The maximum atomic E-state index is 9.05. The minimum atomic E-state index is 0.262. The molecule has 0 spiro atoms. The Morgan fingerprint density at radius 3 is 2.63 bits per heavy atom. The Kier molecular flexibility index (Phi) is 6.67. The van der Waals surface area contributed by atoms with Crippen molar-refractivity contribution in [3.8, 4) is 0 Å². The maximum Gasteiger partial charge on any atom is 0.0853 e. The third-order valence-electron chi connectivity index (χ3n) is 7.67. The molecule has 3 nitrogen and oxygen atoms in total. The van der Waals surface area contributed by atoms with Crippen molar-refractivity contribution in [3.63, 3.8) is 0 Å². The van der Waals surface area contributed by atoms with E-state index in [1.807, 2.05) is 11.8 Å². The summed E-state index contributed by atoms with van der Waals surface area (Å²) in [5.41, 5.74) is 5.06. The zero-order chi connectivity index (χ0) is 21.4. The number of aliphatic hydroxyl groups is 1. The number of thioether (sulfide) groups is 1. The van der Waals surface area contributed by atoms with Gasteiger partial charge in [-0.25, -0.2) is 0 Å². The second-order valence-corrected chi connectivity index (χ2v) is 12.0. The minimum Gasteiger partial charge on any atom is -0.396 e. The summed E-state index contributed by atoms with van der Waals surface area (Å²) in [6, 6.07) is 7.59. The third kappa shape index (κ3) is 4.66. The van der Waals surface area contributed by atoms with Crippen LogP contribution in [-0.2, 0) is 10.8 Å². The summed E-state index contributed by atoms with van der Waals surface area (Å²) in [6.45, 7) is 13.4. The molecule has 4 heteroatoms. The lowest BCUT2D eigenvalue weighted by molar-refractivity contribution is 0.194. The first-order valence-corrected chi connectivity index (χ1v) is 13.0. The van der Waals surface area contributed by atoms with E-state index in [2.05, 4.69) is 50.8 Å². The lowest BCUT2D eigenvalue weighted by Crippen LogP contribution is -2.38. The lowest BCUT2D eigenvalue weighted by atomic mass is 9.63. The molecule has 4 rings (SSSR count). The molecule has 0 aromatic heterocycles. The fraction of sp³-hybridized carbons (Fsp3) is 0.731. The largest absolute Gasteiger partial charge is 0.396 e. The van der Waals surface area contributed by atoms with E-state index in [1.165, 1.54) is 42.8 Å². The van der Waals surface area contributed by atoms with E-state index >= 15 is 0 Å². The van der Waals surface area contributed by atoms with E-state index in [0.29, 0.717) is 18.6 Å². The van der Waals surface area contributed by atoms with Crippen LogP contribution in [0.4, 0.5) is 0 Å². The lowest BCUT2D eigenvalue weighted by Gasteiger charge is -2.42. The molecule has 1 aliphatic carbocycles. The quantitative estimate of drug-likeness (QED) is 0.590. The van der Waals surface area contributed by atoms with E-state index in [0.717, 1.165) is 31.7 Å². The first kappa shape index (κ1) is 22.4. The van der Waals surface area contributed by atoms with Crippen LogP contribution in [0.1, 0.15) is 89.0 Å². The topological polar surface area (TPSA) is 35.8 Å². The Morgan fingerprint density at radius 1 is 1.10 bits per heavy atom. The fourth-order valence-corrected chi connectivity index (χ4v) is 6.73. The second-order valence-electron chi connectivity index (χ2n) is 10.9. The fourth-order valence-electron chi connectivity index (χ4n) is 5.51. The van der Waals surface area contributed by atoms with Gasteiger partial charge in [-0.15, -0.1) is 11.8 Å². The molecule has 1 saturated heterocycles. The molecule has 2 heterocycles. The molecule has 166 valence electrons. The molecule has 1 fully saturated rings. The molecule has 2 atom stereocenters. The smallest absolute Gasteiger partial charge is 0.0853 e. The van der Waals surface area contributed by atoms with Crippen LogP contribution in [0.5, 0.6) is 0 Å². The third-order valence-corrected chi connectivity index (χ3v) is 8.89. The molecule has 0 bridgehead atoms. The van der Waals surface area contributed by atoms with Crippen LogP contribution in [0.25, 0.3) is 0 Å². The number of nitrogens with zero attached hydrogens (tertiary/aromatic N) is 2. The van der Waals surface area contributed by atoms with E-state index in [-0.39, 0.29) is 10.8 Å². The van der Waals surface area contributed by atoms with Gasteiger partial charge < -0.3 is 10.0 Å². The first-order valence-electron chi connectivity index (χ1n) is 12.0. The second kappa shape index (κ2) is 8.96. The molecule has 30 heavy (non-hydrogen) atoms. The van der Waals surface area contributed by atoms with Crippen molar-refractivity contribution < 1.29 is 5.11 Å². The van der Waals surface area contributed by atoms with Gasteiger partial charge in [0.1, 0.15) is 0 Å². The van der Waals surface area contributed by atoms with Crippen molar-refractivity contribution in [1.82, 2.24) is 4.90 Å². The summed E-state index contributed by atoms with van der Waals surface area (Å²) < 4.78 is 0. The molecule has 0 amide bonds. The average molecular weight is 429 g/mol. The van der Waals surface area contributed by atoms with Gasteiger partial charge in [0.25, 0.3) is 0 Å². The van der Waals surface area contributed by atoms with Gasteiger partial charge in [-0.1, -0.05) is 45.9 Å². The zero-order valence-corrected chi connectivity index (χ0v) is 20.2. The standard InChI is InChI=1S/C26H40N2OS/c1-25(2)11-12-26(3,4)22-16-19(9-10-21(22)25)23-18-30-24(27-23)20-8-7-14-28(17-20)13-5-6-15-29/h9-10,16,20,23,29H,5-8,11-15,17-18H2,1-4H3. The van der Waals surface area contributed by atoms with E-state index in [1.54, 1.807) is 11.1 Å². The van der Waals surface area contributed by atoms with E-state index in [9.17, 15) is 0 Å². The Hall–Kier alpha value is -0.840. The number of rotatable bonds is 6. The molecule has 3 aliphatic rings. The van der Waals surface area contributed by atoms with Gasteiger partial charge in [0, 0.05) is 24.8 Å². The highest BCUT2D eigenvalue weighted by Gasteiger charge is 2.38. The number of piperidine rings is 1. The van der Waals surface area contributed by atoms with Crippen LogP contribution in [0.15, 0.2) is 23.2 Å². The minimum absolute atomic E-state index is 0.262. The zero-order valence-electron chi connectivity index (χ0n) is 19.4. The van der Waals surface area contributed by atoms with Crippen molar-refractivity contribution in [1.29, 1.82) is 0 Å². The summed E-state index contributed by atoms with van der Waals surface area (Å²) in [5.74, 6) is 1.70. The van der Waals surface area contributed by atoms with Gasteiger partial charge in [0.15, 0.2) is 0 Å². The highest BCUT2D eigenvalue weighted by Crippen LogP contribution is 2.47. The Labute approximate surface area is 187 Å². The van der Waals surface area contributed by atoms with Gasteiger partial charge in [0.2, 0.25) is 0 Å². The number of fused-ring (bicyclic) bond motifs is 1. The van der Waals surface area contributed by atoms with Crippen molar-refractivity contribution in [3.05, 3.63) is 34.9 Å². The summed E-state index contributed by atoms with van der Waals surface area (Å²) >= 11 is 2.00. The van der Waals surface area contributed by atoms with Gasteiger partial charge >= 0.3 is 0 Å².